The highest BCUT2D eigenvalue weighted by molar-refractivity contribution is 8.00. The van der Waals surface area contributed by atoms with Gasteiger partial charge in [0.15, 0.2) is 0 Å². The van der Waals surface area contributed by atoms with Crippen LogP contribution in [0.15, 0.2) is 71.8 Å². The van der Waals surface area contributed by atoms with Crippen molar-refractivity contribution in [2.24, 2.45) is 0 Å². The molecule has 1 amide bonds. The zero-order valence-electron chi connectivity index (χ0n) is 14.7. The number of thioether (sulfide) groups is 1. The van der Waals surface area contributed by atoms with Gasteiger partial charge in [-0.1, -0.05) is 54.2 Å². The monoisotopic (exact) mass is 375 g/mol. The maximum absolute atomic E-state index is 12.3. The summed E-state index contributed by atoms with van der Waals surface area (Å²) >= 11 is 1.23. The summed E-state index contributed by atoms with van der Waals surface area (Å²) in [6.07, 6.45) is 0. The van der Waals surface area contributed by atoms with Crippen molar-refractivity contribution in [3.05, 3.63) is 72.3 Å². The Bertz CT molecular complexity index is 984. The third-order valence-electron chi connectivity index (χ3n) is 3.77. The summed E-state index contributed by atoms with van der Waals surface area (Å²) in [5.74, 6) is 0.538. The fraction of sp³-hybridized carbons (Fsp3) is 0.0952. The van der Waals surface area contributed by atoms with Gasteiger partial charge in [-0.2, -0.15) is 5.26 Å². The highest BCUT2D eigenvalue weighted by Gasteiger charge is 2.12. The number of anilines is 1. The number of carbonyl (C=O) groups excluding carboxylic acids is 1. The van der Waals surface area contributed by atoms with Crippen LogP contribution in [0.4, 0.5) is 5.69 Å². The highest BCUT2D eigenvalue weighted by Crippen LogP contribution is 2.26. The Morgan fingerprint density at radius 3 is 2.59 bits per heavy atom. The number of para-hydroxylation sites is 2. The number of hydrogen-bond donors (Lipinski definition) is 1. The van der Waals surface area contributed by atoms with Crippen LogP contribution >= 0.6 is 11.8 Å². The molecule has 0 aliphatic rings. The van der Waals surface area contributed by atoms with Gasteiger partial charge >= 0.3 is 0 Å². The van der Waals surface area contributed by atoms with Crippen molar-refractivity contribution >= 4 is 23.4 Å². The summed E-state index contributed by atoms with van der Waals surface area (Å²) in [5.41, 5.74) is 2.78. The van der Waals surface area contributed by atoms with E-state index in [9.17, 15) is 10.1 Å². The smallest absolute Gasteiger partial charge is 0.234 e. The van der Waals surface area contributed by atoms with E-state index in [1.54, 1.807) is 25.3 Å². The van der Waals surface area contributed by atoms with Crippen LogP contribution in [-0.4, -0.2) is 23.8 Å². The molecule has 1 heterocycles. The number of aromatic nitrogens is 1. The van der Waals surface area contributed by atoms with Crippen LogP contribution in [0, 0.1) is 11.3 Å². The average Bonchev–Trinajstić information content (AvgIpc) is 2.73. The Kier molecular flexibility index (Phi) is 6.08. The summed E-state index contributed by atoms with van der Waals surface area (Å²) in [6.45, 7) is 0. The van der Waals surface area contributed by atoms with Crippen molar-refractivity contribution < 1.29 is 9.53 Å². The number of rotatable bonds is 6. The minimum Gasteiger partial charge on any atom is -0.495 e. The number of nitriles is 1. The molecule has 0 radical (unpaired) electrons. The molecule has 3 aromatic rings. The Morgan fingerprint density at radius 2 is 1.85 bits per heavy atom. The minimum atomic E-state index is -0.194. The molecule has 0 atom stereocenters. The third-order valence-corrected chi connectivity index (χ3v) is 4.76. The van der Waals surface area contributed by atoms with Gasteiger partial charge in [-0.3, -0.25) is 4.79 Å². The topological polar surface area (TPSA) is 75.0 Å². The molecule has 0 unspecified atom stereocenters. The second-order valence-electron chi connectivity index (χ2n) is 5.56. The maximum Gasteiger partial charge on any atom is 0.234 e. The van der Waals surface area contributed by atoms with Gasteiger partial charge in [0.25, 0.3) is 0 Å². The van der Waals surface area contributed by atoms with E-state index in [0.29, 0.717) is 22.0 Å². The van der Waals surface area contributed by atoms with Crippen molar-refractivity contribution in [2.45, 2.75) is 5.03 Å². The summed E-state index contributed by atoms with van der Waals surface area (Å²) in [5, 5.41) is 12.7. The van der Waals surface area contributed by atoms with Crippen LogP contribution in [-0.2, 0) is 4.79 Å². The van der Waals surface area contributed by atoms with Crippen molar-refractivity contribution in [1.82, 2.24) is 4.98 Å². The van der Waals surface area contributed by atoms with E-state index in [0.717, 1.165) is 11.3 Å². The molecule has 1 N–H and O–H groups in total. The second-order valence-corrected chi connectivity index (χ2v) is 6.53. The highest BCUT2D eigenvalue weighted by atomic mass is 32.2. The first kappa shape index (κ1) is 18.5. The molecule has 0 aliphatic heterocycles. The van der Waals surface area contributed by atoms with Crippen molar-refractivity contribution in [3.8, 4) is 23.1 Å². The van der Waals surface area contributed by atoms with Gasteiger partial charge < -0.3 is 10.1 Å². The molecular formula is C21H17N3O2S. The number of pyridine rings is 1. The van der Waals surface area contributed by atoms with Crippen LogP contribution in [0.25, 0.3) is 11.3 Å². The predicted octanol–water partition coefficient (Wildman–Crippen LogP) is 4.36. The molecule has 0 aliphatic carbocycles. The average molecular weight is 375 g/mol. The molecule has 0 spiro atoms. The maximum atomic E-state index is 12.3. The molecule has 5 nitrogen and oxygen atoms in total. The van der Waals surface area contributed by atoms with Gasteiger partial charge in [-0.25, -0.2) is 4.98 Å². The molecule has 6 heteroatoms. The van der Waals surface area contributed by atoms with Crippen molar-refractivity contribution in [2.75, 3.05) is 18.2 Å². The van der Waals surface area contributed by atoms with E-state index in [-0.39, 0.29) is 11.7 Å². The number of amides is 1. The molecule has 134 valence electrons. The number of nitrogens with zero attached hydrogens (tertiary/aromatic N) is 2. The SMILES string of the molecule is COc1ccccc1NC(=O)CSc1nc(-c2ccccc2)ccc1C#N. The molecule has 0 saturated carbocycles. The molecule has 2 aromatic carbocycles. The Hall–Kier alpha value is -3.30. The van der Waals surface area contributed by atoms with Gasteiger partial charge in [-0.05, 0) is 24.3 Å². The zero-order valence-corrected chi connectivity index (χ0v) is 15.5. The van der Waals surface area contributed by atoms with Crippen LogP contribution in [0.3, 0.4) is 0 Å². The zero-order chi connectivity index (χ0) is 19.1. The Labute approximate surface area is 162 Å². The van der Waals surface area contributed by atoms with Gasteiger partial charge in [0, 0.05) is 5.56 Å². The second kappa shape index (κ2) is 8.88. The van der Waals surface area contributed by atoms with E-state index in [1.165, 1.54) is 11.8 Å². The Morgan fingerprint density at radius 1 is 1.11 bits per heavy atom. The van der Waals surface area contributed by atoms with Gasteiger partial charge in [0.05, 0.1) is 29.8 Å². The van der Waals surface area contributed by atoms with Gasteiger partial charge in [0.1, 0.15) is 16.8 Å². The number of nitrogens with one attached hydrogen (secondary N) is 1. The first-order valence-corrected chi connectivity index (χ1v) is 9.22. The van der Waals surface area contributed by atoms with Gasteiger partial charge in [0.2, 0.25) is 5.91 Å². The largest absolute Gasteiger partial charge is 0.495 e. The summed E-state index contributed by atoms with van der Waals surface area (Å²) < 4.78 is 5.23. The number of carbonyl (C=O) groups is 1. The van der Waals surface area contributed by atoms with Crippen LogP contribution < -0.4 is 10.1 Å². The van der Waals surface area contributed by atoms with E-state index in [4.69, 9.17) is 4.74 Å². The third kappa shape index (κ3) is 4.66. The van der Waals surface area contributed by atoms with Crippen LogP contribution in [0.5, 0.6) is 5.75 Å². The van der Waals surface area contributed by atoms with Gasteiger partial charge in [-0.15, -0.1) is 0 Å². The van der Waals surface area contributed by atoms with E-state index in [2.05, 4.69) is 16.4 Å². The number of hydrogen-bond acceptors (Lipinski definition) is 5. The predicted molar refractivity (Wildman–Crippen MR) is 107 cm³/mol. The minimum absolute atomic E-state index is 0.137. The summed E-state index contributed by atoms with van der Waals surface area (Å²) in [6, 6.07) is 22.6. The quantitative estimate of drug-likeness (QED) is 0.648. The lowest BCUT2D eigenvalue weighted by atomic mass is 10.1. The van der Waals surface area contributed by atoms with Crippen LogP contribution in [0.1, 0.15) is 5.56 Å². The standard InChI is InChI=1S/C21H17N3O2S/c1-26-19-10-6-5-9-18(19)23-20(25)14-27-21-16(13-22)11-12-17(24-21)15-7-3-2-4-8-15/h2-12H,14H2,1H3,(H,23,25). The molecule has 0 saturated heterocycles. The number of ether oxygens (including phenoxy) is 1. The van der Waals surface area contributed by atoms with E-state index in [1.807, 2.05) is 48.5 Å². The lowest BCUT2D eigenvalue weighted by Gasteiger charge is -2.10. The number of methoxy groups -OCH3 is 1. The van der Waals surface area contributed by atoms with Crippen molar-refractivity contribution in [1.29, 1.82) is 5.26 Å². The first-order valence-electron chi connectivity index (χ1n) is 8.23. The molecular weight excluding hydrogens is 358 g/mol. The molecule has 3 rings (SSSR count). The molecule has 0 bridgehead atoms. The number of benzene rings is 2. The fourth-order valence-corrected chi connectivity index (χ4v) is 3.25. The van der Waals surface area contributed by atoms with Crippen molar-refractivity contribution in [3.63, 3.8) is 0 Å². The molecule has 27 heavy (non-hydrogen) atoms. The Balaban J connectivity index is 1.73. The summed E-state index contributed by atoms with van der Waals surface area (Å²) in [7, 11) is 1.55. The van der Waals surface area contributed by atoms with E-state index >= 15 is 0 Å². The van der Waals surface area contributed by atoms with E-state index < -0.39 is 0 Å². The normalized spacial score (nSPS) is 10.1. The van der Waals surface area contributed by atoms with Crippen LogP contribution in [0.2, 0.25) is 0 Å². The summed E-state index contributed by atoms with van der Waals surface area (Å²) in [4.78, 5) is 16.9. The first-order chi connectivity index (χ1) is 13.2. The lowest BCUT2D eigenvalue weighted by molar-refractivity contribution is -0.113. The molecule has 0 fully saturated rings. The molecule has 1 aromatic heterocycles. The fourth-order valence-electron chi connectivity index (χ4n) is 2.47. The lowest BCUT2D eigenvalue weighted by Crippen LogP contribution is -2.15.